The van der Waals surface area contributed by atoms with Crippen LogP contribution < -0.4 is 4.74 Å². The van der Waals surface area contributed by atoms with Crippen LogP contribution in [-0.4, -0.2) is 20.6 Å². The quantitative estimate of drug-likeness (QED) is 0.901. The van der Waals surface area contributed by atoms with Crippen LogP contribution in [0.25, 0.3) is 0 Å². The number of hydrogen-bond donors (Lipinski definition) is 1. The van der Waals surface area contributed by atoms with Gasteiger partial charge in [-0.3, -0.25) is 0 Å². The number of hydrogen-bond acceptors (Lipinski definition) is 4. The Kier molecular flexibility index (Phi) is 2.79. The summed E-state index contributed by atoms with van der Waals surface area (Å²) < 4.78 is 7.67. The molecule has 6 heteroatoms. The summed E-state index contributed by atoms with van der Waals surface area (Å²) in [5, 5.41) is 10.7. The van der Waals surface area contributed by atoms with Crippen molar-refractivity contribution in [1.82, 2.24) is 9.55 Å². The zero-order chi connectivity index (χ0) is 12.5. The first kappa shape index (κ1) is 11.3. The number of thiophene rings is 1. The summed E-state index contributed by atoms with van der Waals surface area (Å²) >= 11 is 1.17. The van der Waals surface area contributed by atoms with Crippen LogP contribution >= 0.6 is 11.3 Å². The van der Waals surface area contributed by atoms with Crippen molar-refractivity contribution < 1.29 is 14.6 Å². The molecule has 3 rings (SSSR count). The van der Waals surface area contributed by atoms with Gasteiger partial charge in [-0.25, -0.2) is 9.78 Å². The fraction of sp³-hybridized carbons (Fsp3) is 0.333. The van der Waals surface area contributed by atoms with Crippen LogP contribution in [0.2, 0.25) is 0 Å². The molecule has 0 aromatic carbocycles. The second-order valence-corrected chi connectivity index (χ2v) is 5.15. The maximum absolute atomic E-state index is 10.9. The van der Waals surface area contributed by atoms with Crippen LogP contribution in [0.1, 0.15) is 34.2 Å². The van der Waals surface area contributed by atoms with Crippen LogP contribution in [0.5, 0.6) is 5.75 Å². The molecule has 1 N–H and O–H groups in total. The molecule has 0 saturated heterocycles. The van der Waals surface area contributed by atoms with E-state index in [2.05, 4.69) is 9.55 Å². The van der Waals surface area contributed by atoms with E-state index in [1.807, 2.05) is 6.33 Å². The highest BCUT2D eigenvalue weighted by Gasteiger charge is 2.25. The molecule has 0 spiro atoms. The summed E-state index contributed by atoms with van der Waals surface area (Å²) in [5.41, 5.74) is 0.986. The zero-order valence-corrected chi connectivity index (χ0v) is 10.4. The lowest BCUT2D eigenvalue weighted by atomic mass is 10.4. The fourth-order valence-corrected chi connectivity index (χ4v) is 2.52. The lowest BCUT2D eigenvalue weighted by molar-refractivity contribution is 0.0697. The van der Waals surface area contributed by atoms with Gasteiger partial charge in [-0.05, 0) is 24.3 Å². The summed E-state index contributed by atoms with van der Waals surface area (Å²) in [7, 11) is 0. The smallest absolute Gasteiger partial charge is 0.349 e. The number of nitrogens with zero attached hydrogens (tertiary/aromatic N) is 2. The Balaban J connectivity index is 1.72. The minimum Gasteiger partial charge on any atom is -0.486 e. The molecule has 0 atom stereocenters. The van der Waals surface area contributed by atoms with Crippen molar-refractivity contribution in [1.29, 1.82) is 0 Å². The Bertz CT molecular complexity index is 571. The van der Waals surface area contributed by atoms with Gasteiger partial charge in [0.05, 0.1) is 18.2 Å². The minimum atomic E-state index is -0.948. The molecule has 0 aliphatic heterocycles. The Hall–Kier alpha value is -1.82. The van der Waals surface area contributed by atoms with E-state index >= 15 is 0 Å². The van der Waals surface area contributed by atoms with Gasteiger partial charge in [-0.15, -0.1) is 11.3 Å². The van der Waals surface area contributed by atoms with E-state index in [4.69, 9.17) is 9.84 Å². The highest BCUT2D eigenvalue weighted by molar-refractivity contribution is 7.12. The molecule has 1 fully saturated rings. The Morgan fingerprint density at radius 2 is 2.44 bits per heavy atom. The van der Waals surface area contributed by atoms with Gasteiger partial charge >= 0.3 is 5.97 Å². The van der Waals surface area contributed by atoms with Gasteiger partial charge in [-0.1, -0.05) is 0 Å². The third kappa shape index (κ3) is 2.11. The second-order valence-electron chi connectivity index (χ2n) is 4.23. The van der Waals surface area contributed by atoms with Crippen molar-refractivity contribution in [2.75, 3.05) is 0 Å². The molecule has 5 nitrogen and oxygen atoms in total. The molecule has 1 aliphatic carbocycles. The highest BCUT2D eigenvalue weighted by Crippen LogP contribution is 2.36. The van der Waals surface area contributed by atoms with Gasteiger partial charge in [0.15, 0.2) is 4.88 Å². The molecule has 0 amide bonds. The maximum atomic E-state index is 10.9. The molecule has 0 unspecified atom stereocenters. The lowest BCUT2D eigenvalue weighted by Gasteiger charge is -2.08. The van der Waals surface area contributed by atoms with E-state index in [1.165, 1.54) is 24.2 Å². The topological polar surface area (TPSA) is 64.3 Å². The molecule has 1 aliphatic rings. The Morgan fingerprint density at radius 1 is 1.61 bits per heavy atom. The minimum absolute atomic E-state index is 0.243. The van der Waals surface area contributed by atoms with Crippen molar-refractivity contribution in [2.45, 2.75) is 25.5 Å². The molecular formula is C12H12N2O3S. The van der Waals surface area contributed by atoms with E-state index in [-0.39, 0.29) is 4.88 Å². The Morgan fingerprint density at radius 3 is 3.17 bits per heavy atom. The monoisotopic (exact) mass is 264 g/mol. The average molecular weight is 264 g/mol. The molecular weight excluding hydrogens is 252 g/mol. The van der Waals surface area contributed by atoms with Crippen LogP contribution in [0.15, 0.2) is 24.0 Å². The van der Waals surface area contributed by atoms with Crippen LogP contribution in [0, 0.1) is 0 Å². The number of carbonyl (C=O) groups is 1. The molecule has 94 valence electrons. The number of carboxylic acids is 1. The second kappa shape index (κ2) is 4.45. The van der Waals surface area contributed by atoms with Crippen LogP contribution in [0.3, 0.4) is 0 Å². The average Bonchev–Trinajstić information content (AvgIpc) is 2.92. The van der Waals surface area contributed by atoms with Gasteiger partial charge in [0.2, 0.25) is 0 Å². The zero-order valence-electron chi connectivity index (χ0n) is 9.57. The van der Waals surface area contributed by atoms with Gasteiger partial charge in [0, 0.05) is 6.04 Å². The number of imidazole rings is 1. The van der Waals surface area contributed by atoms with Gasteiger partial charge < -0.3 is 14.4 Å². The number of ether oxygens (including phenoxy) is 1. The van der Waals surface area contributed by atoms with Gasteiger partial charge in [0.1, 0.15) is 12.4 Å². The standard InChI is InChI=1S/C12H12N2O3S/c15-12(16)11-10(3-4-18-11)17-6-9-5-13-7-14(9)8-1-2-8/h3-5,7-8H,1-2,6H2,(H,15,16). The van der Waals surface area contributed by atoms with Crippen molar-refractivity contribution in [3.05, 3.63) is 34.5 Å². The summed E-state index contributed by atoms with van der Waals surface area (Å²) in [6.07, 6.45) is 5.94. The summed E-state index contributed by atoms with van der Waals surface area (Å²) in [6.45, 7) is 0.355. The third-order valence-electron chi connectivity index (χ3n) is 2.89. The largest absolute Gasteiger partial charge is 0.486 e. The fourth-order valence-electron chi connectivity index (χ4n) is 1.84. The Labute approximate surface area is 108 Å². The molecule has 0 radical (unpaired) electrons. The number of aromatic carboxylic acids is 1. The first-order valence-corrected chi connectivity index (χ1v) is 6.58. The number of carboxylic acid groups (broad SMARTS) is 1. The lowest BCUT2D eigenvalue weighted by Crippen LogP contribution is -2.05. The normalized spacial score (nSPS) is 14.7. The van der Waals surface area contributed by atoms with Gasteiger partial charge in [-0.2, -0.15) is 0 Å². The van der Waals surface area contributed by atoms with Crippen molar-refractivity contribution in [3.8, 4) is 5.75 Å². The third-order valence-corrected chi connectivity index (χ3v) is 3.77. The first-order chi connectivity index (χ1) is 8.75. The maximum Gasteiger partial charge on any atom is 0.349 e. The molecule has 18 heavy (non-hydrogen) atoms. The SMILES string of the molecule is O=C(O)c1sccc1OCc1cncn1C1CC1. The van der Waals surface area contributed by atoms with Gasteiger partial charge in [0.25, 0.3) is 0 Å². The van der Waals surface area contributed by atoms with Crippen molar-refractivity contribution in [2.24, 2.45) is 0 Å². The van der Waals surface area contributed by atoms with E-state index in [1.54, 1.807) is 17.6 Å². The first-order valence-electron chi connectivity index (χ1n) is 5.70. The summed E-state index contributed by atoms with van der Waals surface area (Å²) in [5.74, 6) is -0.522. The summed E-state index contributed by atoms with van der Waals surface area (Å²) in [6, 6.07) is 2.24. The number of aromatic nitrogens is 2. The van der Waals surface area contributed by atoms with E-state index in [9.17, 15) is 4.79 Å². The molecule has 1 saturated carbocycles. The highest BCUT2D eigenvalue weighted by atomic mass is 32.1. The van der Waals surface area contributed by atoms with E-state index < -0.39 is 5.97 Å². The summed E-state index contributed by atoms with van der Waals surface area (Å²) in [4.78, 5) is 15.3. The molecule has 2 aromatic heterocycles. The predicted molar refractivity (Wildman–Crippen MR) is 66.1 cm³/mol. The molecule has 0 bridgehead atoms. The van der Waals surface area contributed by atoms with E-state index in [0.29, 0.717) is 18.4 Å². The molecule has 2 aromatic rings. The molecule has 2 heterocycles. The van der Waals surface area contributed by atoms with Crippen LogP contribution in [-0.2, 0) is 6.61 Å². The van der Waals surface area contributed by atoms with Crippen molar-refractivity contribution >= 4 is 17.3 Å². The van der Waals surface area contributed by atoms with Crippen LogP contribution in [0.4, 0.5) is 0 Å². The van der Waals surface area contributed by atoms with E-state index in [0.717, 1.165) is 5.69 Å². The predicted octanol–water partition coefficient (Wildman–Crippen LogP) is 2.56. The van der Waals surface area contributed by atoms with Crippen molar-refractivity contribution in [3.63, 3.8) is 0 Å². The number of rotatable bonds is 5.